The van der Waals surface area contributed by atoms with Gasteiger partial charge in [0, 0.05) is 18.0 Å². The molecule has 0 unspecified atom stereocenters. The number of ether oxygens (including phenoxy) is 1. The first kappa shape index (κ1) is 12.2. The third-order valence-electron chi connectivity index (χ3n) is 2.49. The van der Waals surface area contributed by atoms with Crippen molar-refractivity contribution >= 4 is 5.69 Å². The first-order chi connectivity index (χ1) is 8.60. The van der Waals surface area contributed by atoms with E-state index in [0.717, 1.165) is 0 Å². The molecule has 0 aliphatic rings. The molecule has 0 saturated carbocycles. The standard InChI is InChI=1S/C11H15N5O2/c1-8-5-10(17)16(11(14-8)18-2)4-3-15-7-9(12)6-13-15/h5-7H,3-4,12H2,1-2H3. The Bertz CT molecular complexity index is 602. The van der Waals surface area contributed by atoms with E-state index in [1.807, 2.05) is 0 Å². The van der Waals surface area contributed by atoms with Gasteiger partial charge in [-0.25, -0.2) is 4.98 Å². The highest BCUT2D eigenvalue weighted by Gasteiger charge is 2.07. The smallest absolute Gasteiger partial charge is 0.299 e. The van der Waals surface area contributed by atoms with Crippen molar-refractivity contribution in [3.63, 3.8) is 0 Å². The minimum atomic E-state index is -0.139. The summed E-state index contributed by atoms with van der Waals surface area (Å²) >= 11 is 0. The molecule has 0 radical (unpaired) electrons. The van der Waals surface area contributed by atoms with Crippen molar-refractivity contribution in [2.45, 2.75) is 20.0 Å². The van der Waals surface area contributed by atoms with Gasteiger partial charge in [-0.3, -0.25) is 14.0 Å². The molecule has 96 valence electrons. The van der Waals surface area contributed by atoms with E-state index in [0.29, 0.717) is 30.5 Å². The van der Waals surface area contributed by atoms with Crippen molar-refractivity contribution in [3.8, 4) is 6.01 Å². The molecule has 2 aromatic rings. The molecule has 2 aromatic heterocycles. The van der Waals surface area contributed by atoms with Crippen LogP contribution in [0.2, 0.25) is 0 Å². The number of aromatic nitrogens is 4. The van der Waals surface area contributed by atoms with E-state index >= 15 is 0 Å². The van der Waals surface area contributed by atoms with Crippen molar-refractivity contribution in [1.82, 2.24) is 19.3 Å². The van der Waals surface area contributed by atoms with Crippen LogP contribution in [0, 0.1) is 6.92 Å². The Morgan fingerprint density at radius 1 is 1.44 bits per heavy atom. The summed E-state index contributed by atoms with van der Waals surface area (Å²) in [6.07, 6.45) is 3.27. The quantitative estimate of drug-likeness (QED) is 0.826. The Morgan fingerprint density at radius 3 is 2.83 bits per heavy atom. The predicted octanol–water partition coefficient (Wildman–Crippen LogP) is 0.0392. The van der Waals surface area contributed by atoms with Crippen LogP contribution in [0.25, 0.3) is 0 Å². The van der Waals surface area contributed by atoms with Gasteiger partial charge in [0.25, 0.3) is 11.6 Å². The molecule has 7 heteroatoms. The summed E-state index contributed by atoms with van der Waals surface area (Å²) < 4.78 is 8.23. The number of methoxy groups -OCH3 is 1. The van der Waals surface area contributed by atoms with Gasteiger partial charge in [-0.2, -0.15) is 5.10 Å². The topological polar surface area (TPSA) is 88.0 Å². The van der Waals surface area contributed by atoms with Crippen molar-refractivity contribution < 1.29 is 4.74 Å². The molecule has 0 spiro atoms. The maximum absolute atomic E-state index is 11.8. The third-order valence-corrected chi connectivity index (χ3v) is 2.49. The molecule has 0 aromatic carbocycles. The first-order valence-corrected chi connectivity index (χ1v) is 5.50. The van der Waals surface area contributed by atoms with Gasteiger partial charge in [0.1, 0.15) is 0 Å². The molecule has 0 fully saturated rings. The van der Waals surface area contributed by atoms with Crippen LogP contribution in [0.4, 0.5) is 5.69 Å². The summed E-state index contributed by atoms with van der Waals surface area (Å²) in [5, 5.41) is 4.05. The molecule has 2 heterocycles. The molecule has 0 atom stereocenters. The van der Waals surface area contributed by atoms with Crippen molar-refractivity contribution in [2.24, 2.45) is 0 Å². The zero-order valence-corrected chi connectivity index (χ0v) is 10.3. The fourth-order valence-corrected chi connectivity index (χ4v) is 1.66. The SMILES string of the molecule is COc1nc(C)cc(=O)n1CCn1cc(N)cn1. The van der Waals surface area contributed by atoms with Gasteiger partial charge in [-0.1, -0.05) is 0 Å². The van der Waals surface area contributed by atoms with E-state index in [-0.39, 0.29) is 5.56 Å². The summed E-state index contributed by atoms with van der Waals surface area (Å²) in [6.45, 7) is 2.71. The van der Waals surface area contributed by atoms with E-state index < -0.39 is 0 Å². The lowest BCUT2D eigenvalue weighted by Crippen LogP contribution is -2.24. The zero-order chi connectivity index (χ0) is 13.1. The number of anilines is 1. The van der Waals surface area contributed by atoms with E-state index in [2.05, 4.69) is 10.1 Å². The number of hydrogen-bond donors (Lipinski definition) is 1. The molecule has 0 aliphatic carbocycles. The van der Waals surface area contributed by atoms with Gasteiger partial charge in [-0.05, 0) is 6.92 Å². The van der Waals surface area contributed by atoms with Gasteiger partial charge in [0.15, 0.2) is 0 Å². The van der Waals surface area contributed by atoms with Gasteiger partial charge in [-0.15, -0.1) is 0 Å². The lowest BCUT2D eigenvalue weighted by Gasteiger charge is -2.10. The lowest BCUT2D eigenvalue weighted by atomic mass is 10.4. The van der Waals surface area contributed by atoms with Crippen LogP contribution in [0.5, 0.6) is 6.01 Å². The van der Waals surface area contributed by atoms with Crippen LogP contribution in [0.1, 0.15) is 5.69 Å². The van der Waals surface area contributed by atoms with E-state index in [1.54, 1.807) is 24.0 Å². The fourth-order valence-electron chi connectivity index (χ4n) is 1.66. The number of aryl methyl sites for hydroxylation is 2. The highest BCUT2D eigenvalue weighted by Crippen LogP contribution is 2.05. The van der Waals surface area contributed by atoms with E-state index in [4.69, 9.17) is 10.5 Å². The second-order valence-electron chi connectivity index (χ2n) is 3.91. The second kappa shape index (κ2) is 4.91. The predicted molar refractivity (Wildman–Crippen MR) is 66.4 cm³/mol. The van der Waals surface area contributed by atoms with Crippen LogP contribution in [0.3, 0.4) is 0 Å². The van der Waals surface area contributed by atoms with E-state index in [9.17, 15) is 4.79 Å². The number of rotatable bonds is 4. The van der Waals surface area contributed by atoms with Crippen molar-refractivity contribution in [3.05, 3.63) is 34.5 Å². The van der Waals surface area contributed by atoms with Crippen molar-refractivity contribution in [1.29, 1.82) is 0 Å². The lowest BCUT2D eigenvalue weighted by molar-refractivity contribution is 0.337. The normalized spacial score (nSPS) is 10.6. The van der Waals surface area contributed by atoms with Gasteiger partial charge in [0.2, 0.25) is 0 Å². The van der Waals surface area contributed by atoms with Gasteiger partial charge < -0.3 is 10.5 Å². The fraction of sp³-hybridized carbons (Fsp3) is 0.364. The van der Waals surface area contributed by atoms with Gasteiger partial charge in [0.05, 0.1) is 32.1 Å². The molecule has 18 heavy (non-hydrogen) atoms. The number of nitrogen functional groups attached to an aromatic ring is 1. The summed E-state index contributed by atoms with van der Waals surface area (Å²) in [5.41, 5.74) is 6.65. The molecular weight excluding hydrogens is 234 g/mol. The maximum atomic E-state index is 11.8. The Kier molecular flexibility index (Phi) is 3.31. The Balaban J connectivity index is 2.21. The van der Waals surface area contributed by atoms with E-state index in [1.165, 1.54) is 17.7 Å². The Labute approximate surface area is 104 Å². The van der Waals surface area contributed by atoms with Crippen LogP contribution in [0.15, 0.2) is 23.3 Å². The molecular formula is C11H15N5O2. The molecule has 0 bridgehead atoms. The number of nitrogens with zero attached hydrogens (tertiary/aromatic N) is 4. The molecule has 0 aliphatic heterocycles. The molecule has 0 amide bonds. The Morgan fingerprint density at radius 2 is 2.22 bits per heavy atom. The van der Waals surface area contributed by atoms with Crippen LogP contribution < -0.4 is 16.0 Å². The number of hydrogen-bond acceptors (Lipinski definition) is 5. The average molecular weight is 249 g/mol. The highest BCUT2D eigenvalue weighted by atomic mass is 16.5. The summed E-state index contributed by atoms with van der Waals surface area (Å²) in [4.78, 5) is 16.0. The maximum Gasteiger partial charge on any atom is 0.299 e. The largest absolute Gasteiger partial charge is 0.468 e. The molecule has 2 rings (SSSR count). The van der Waals surface area contributed by atoms with Crippen molar-refractivity contribution in [2.75, 3.05) is 12.8 Å². The minimum absolute atomic E-state index is 0.139. The van der Waals surface area contributed by atoms with Crippen LogP contribution in [-0.4, -0.2) is 26.4 Å². The minimum Gasteiger partial charge on any atom is -0.468 e. The number of nitrogens with two attached hydrogens (primary N) is 1. The summed E-state index contributed by atoms with van der Waals surface area (Å²) in [5.74, 6) is 0. The van der Waals surface area contributed by atoms with Crippen LogP contribution >= 0.6 is 0 Å². The molecule has 2 N–H and O–H groups in total. The highest BCUT2D eigenvalue weighted by molar-refractivity contribution is 5.30. The molecule has 0 saturated heterocycles. The molecule has 7 nitrogen and oxygen atoms in total. The van der Waals surface area contributed by atoms with Gasteiger partial charge >= 0.3 is 0 Å². The Hall–Kier alpha value is -2.31. The summed E-state index contributed by atoms with van der Waals surface area (Å²) in [6, 6.07) is 1.78. The van der Waals surface area contributed by atoms with Crippen LogP contribution in [-0.2, 0) is 13.1 Å². The summed E-state index contributed by atoms with van der Waals surface area (Å²) in [7, 11) is 1.49. The monoisotopic (exact) mass is 249 g/mol. The average Bonchev–Trinajstić information content (AvgIpc) is 2.73. The zero-order valence-electron chi connectivity index (χ0n) is 10.3. The third kappa shape index (κ3) is 2.50. The second-order valence-corrected chi connectivity index (χ2v) is 3.91. The first-order valence-electron chi connectivity index (χ1n) is 5.50.